The first-order valence-electron chi connectivity index (χ1n) is 7.90. The highest BCUT2D eigenvalue weighted by molar-refractivity contribution is 5.95. The Bertz CT molecular complexity index is 864. The Morgan fingerprint density at radius 3 is 2.19 bits per heavy atom. The lowest BCUT2D eigenvalue weighted by Crippen LogP contribution is -2.42. The molecule has 2 N–H and O–H groups in total. The number of amides is 2. The molecule has 0 aliphatic heterocycles. The van der Waals surface area contributed by atoms with Gasteiger partial charge in [0, 0.05) is 11.1 Å². The van der Waals surface area contributed by atoms with Crippen LogP contribution in [0, 0.1) is 17.0 Å². The Balaban J connectivity index is 2.09. The smallest absolute Gasteiger partial charge is 0.277 e. The highest BCUT2D eigenvalue weighted by atomic mass is 16.6. The number of carbonyl (C=O) groups is 2. The Morgan fingerprint density at radius 2 is 1.63 bits per heavy atom. The second-order valence-corrected chi connectivity index (χ2v) is 5.64. The van der Waals surface area contributed by atoms with Crippen LogP contribution in [0.15, 0.2) is 36.4 Å². The highest BCUT2D eigenvalue weighted by Gasteiger charge is 2.21. The molecule has 0 saturated carbocycles. The maximum absolute atomic E-state index is 12.1. The third kappa shape index (κ3) is 4.94. The van der Waals surface area contributed by atoms with Crippen molar-refractivity contribution >= 4 is 17.5 Å². The summed E-state index contributed by atoms with van der Waals surface area (Å²) in [5, 5.41) is 11.3. The molecule has 9 heteroatoms. The van der Waals surface area contributed by atoms with Crippen molar-refractivity contribution in [2.24, 2.45) is 0 Å². The molecule has 2 amide bonds. The van der Waals surface area contributed by atoms with E-state index in [-0.39, 0.29) is 29.2 Å². The fourth-order valence-corrected chi connectivity index (χ4v) is 2.34. The average molecular weight is 373 g/mol. The van der Waals surface area contributed by atoms with E-state index in [1.165, 1.54) is 26.4 Å². The minimum atomic E-state index is -0.620. The zero-order valence-electron chi connectivity index (χ0n) is 15.1. The molecule has 0 saturated heterocycles. The summed E-state index contributed by atoms with van der Waals surface area (Å²) in [4.78, 5) is 34.8. The molecule has 0 aliphatic carbocycles. The van der Waals surface area contributed by atoms with Crippen LogP contribution in [0.5, 0.6) is 11.5 Å². The summed E-state index contributed by atoms with van der Waals surface area (Å²) < 4.78 is 10.1. The Morgan fingerprint density at radius 1 is 1.04 bits per heavy atom. The summed E-state index contributed by atoms with van der Waals surface area (Å²) >= 11 is 0. The summed E-state index contributed by atoms with van der Waals surface area (Å²) in [6.45, 7) is 1.89. The molecule has 2 aromatic carbocycles. The normalized spacial score (nSPS) is 10.0. The quantitative estimate of drug-likeness (QED) is 0.590. The molecule has 142 valence electrons. The standard InChI is InChI=1S/C18H19N3O6/c1-11-4-6-12(7-5-11)18(23)20-19-17(22)9-13-8-15(26-2)16(27-3)10-14(13)21(24)25/h4-8,10H,9H2,1-3H3,(H,19,22)(H,20,23). The number of hydrogen-bond acceptors (Lipinski definition) is 6. The topological polar surface area (TPSA) is 120 Å². The lowest BCUT2D eigenvalue weighted by atomic mass is 10.1. The molecular formula is C18H19N3O6. The van der Waals surface area contributed by atoms with Gasteiger partial charge in [-0.1, -0.05) is 17.7 Å². The van der Waals surface area contributed by atoms with Crippen LogP contribution in [0.3, 0.4) is 0 Å². The van der Waals surface area contributed by atoms with Crippen molar-refractivity contribution in [3.05, 3.63) is 63.2 Å². The maximum atomic E-state index is 12.1. The first kappa shape index (κ1) is 19.7. The number of ether oxygens (including phenoxy) is 2. The van der Waals surface area contributed by atoms with Crippen LogP contribution in [0.25, 0.3) is 0 Å². The van der Waals surface area contributed by atoms with E-state index in [1.54, 1.807) is 24.3 Å². The Kier molecular flexibility index (Phi) is 6.32. The van der Waals surface area contributed by atoms with Gasteiger partial charge < -0.3 is 9.47 Å². The van der Waals surface area contributed by atoms with Crippen molar-refractivity contribution in [2.45, 2.75) is 13.3 Å². The number of nitrogens with zero attached hydrogens (tertiary/aromatic N) is 1. The van der Waals surface area contributed by atoms with Crippen LogP contribution in [-0.4, -0.2) is 31.0 Å². The molecule has 2 aromatic rings. The van der Waals surface area contributed by atoms with E-state index in [0.717, 1.165) is 5.56 Å². The number of nitro groups is 1. The van der Waals surface area contributed by atoms with Crippen LogP contribution in [-0.2, 0) is 11.2 Å². The van der Waals surface area contributed by atoms with E-state index in [4.69, 9.17) is 9.47 Å². The third-order valence-electron chi connectivity index (χ3n) is 3.76. The first-order valence-corrected chi connectivity index (χ1v) is 7.90. The van der Waals surface area contributed by atoms with Crippen molar-refractivity contribution in [3.63, 3.8) is 0 Å². The predicted molar refractivity (Wildman–Crippen MR) is 96.7 cm³/mol. The van der Waals surface area contributed by atoms with E-state index in [2.05, 4.69) is 10.9 Å². The summed E-state index contributed by atoms with van der Waals surface area (Å²) in [6.07, 6.45) is -0.329. The number of carbonyl (C=O) groups excluding carboxylic acids is 2. The molecule has 0 fully saturated rings. The molecule has 27 heavy (non-hydrogen) atoms. The third-order valence-corrected chi connectivity index (χ3v) is 3.76. The first-order chi connectivity index (χ1) is 12.8. The van der Waals surface area contributed by atoms with Crippen LogP contribution in [0.2, 0.25) is 0 Å². The zero-order valence-corrected chi connectivity index (χ0v) is 15.1. The zero-order chi connectivity index (χ0) is 20.0. The van der Waals surface area contributed by atoms with Gasteiger partial charge in [0.1, 0.15) is 0 Å². The van der Waals surface area contributed by atoms with Crippen LogP contribution >= 0.6 is 0 Å². The summed E-state index contributed by atoms with van der Waals surface area (Å²) in [7, 11) is 2.74. The van der Waals surface area contributed by atoms with Gasteiger partial charge in [-0.05, 0) is 25.1 Å². The van der Waals surface area contributed by atoms with E-state index in [1.807, 2.05) is 6.92 Å². The summed E-state index contributed by atoms with van der Waals surface area (Å²) in [5.41, 5.74) is 5.73. The van der Waals surface area contributed by atoms with Gasteiger partial charge in [-0.25, -0.2) is 0 Å². The minimum absolute atomic E-state index is 0.125. The maximum Gasteiger partial charge on any atom is 0.277 e. The molecule has 0 spiro atoms. The van der Waals surface area contributed by atoms with Crippen molar-refractivity contribution in [2.75, 3.05) is 14.2 Å². The van der Waals surface area contributed by atoms with E-state index in [9.17, 15) is 19.7 Å². The number of benzene rings is 2. The van der Waals surface area contributed by atoms with Gasteiger partial charge in [0.05, 0.1) is 31.6 Å². The van der Waals surface area contributed by atoms with Crippen molar-refractivity contribution in [1.82, 2.24) is 10.9 Å². The molecule has 0 unspecified atom stereocenters. The molecule has 9 nitrogen and oxygen atoms in total. The molecule has 2 rings (SSSR count). The molecule has 0 bridgehead atoms. The number of aryl methyl sites for hydroxylation is 1. The average Bonchev–Trinajstić information content (AvgIpc) is 2.66. The Labute approximate surface area is 155 Å². The SMILES string of the molecule is COc1cc(CC(=O)NNC(=O)c2ccc(C)cc2)c([N+](=O)[O-])cc1OC. The number of nitrogens with one attached hydrogen (secondary N) is 2. The minimum Gasteiger partial charge on any atom is -0.493 e. The van der Waals surface area contributed by atoms with E-state index in [0.29, 0.717) is 5.56 Å². The molecular weight excluding hydrogens is 354 g/mol. The monoisotopic (exact) mass is 373 g/mol. The van der Waals surface area contributed by atoms with Gasteiger partial charge in [0.25, 0.3) is 11.6 Å². The van der Waals surface area contributed by atoms with Gasteiger partial charge in [0.2, 0.25) is 5.91 Å². The number of methoxy groups -OCH3 is 2. The number of rotatable bonds is 6. The second kappa shape index (κ2) is 8.65. The van der Waals surface area contributed by atoms with Gasteiger partial charge in [-0.3, -0.25) is 30.6 Å². The lowest BCUT2D eigenvalue weighted by molar-refractivity contribution is -0.385. The van der Waals surface area contributed by atoms with E-state index >= 15 is 0 Å². The van der Waals surface area contributed by atoms with Crippen molar-refractivity contribution in [3.8, 4) is 11.5 Å². The predicted octanol–water partition coefficient (Wildman–Crippen LogP) is 1.92. The largest absolute Gasteiger partial charge is 0.493 e. The molecule has 0 aliphatic rings. The van der Waals surface area contributed by atoms with Crippen LogP contribution in [0.1, 0.15) is 21.5 Å². The highest BCUT2D eigenvalue weighted by Crippen LogP contribution is 2.34. The number of hydrazine groups is 1. The fraction of sp³-hybridized carbons (Fsp3) is 0.222. The van der Waals surface area contributed by atoms with Gasteiger partial charge in [-0.2, -0.15) is 0 Å². The molecule has 0 heterocycles. The molecule has 0 radical (unpaired) electrons. The van der Waals surface area contributed by atoms with Crippen molar-refractivity contribution in [1.29, 1.82) is 0 Å². The molecule has 0 aromatic heterocycles. The van der Waals surface area contributed by atoms with Gasteiger partial charge in [-0.15, -0.1) is 0 Å². The number of hydrogen-bond donors (Lipinski definition) is 2. The second-order valence-electron chi connectivity index (χ2n) is 5.64. The summed E-state index contributed by atoms with van der Waals surface area (Å²) in [6, 6.07) is 9.32. The summed E-state index contributed by atoms with van der Waals surface area (Å²) in [5.74, 6) is -0.674. The fourth-order valence-electron chi connectivity index (χ4n) is 2.34. The van der Waals surface area contributed by atoms with Gasteiger partial charge >= 0.3 is 0 Å². The van der Waals surface area contributed by atoms with Gasteiger partial charge in [0.15, 0.2) is 11.5 Å². The van der Waals surface area contributed by atoms with Crippen molar-refractivity contribution < 1.29 is 24.0 Å². The number of nitro benzene ring substituents is 1. The lowest BCUT2D eigenvalue weighted by Gasteiger charge is -2.11. The molecule has 0 atom stereocenters. The van der Waals surface area contributed by atoms with E-state index < -0.39 is 16.7 Å². The van der Waals surface area contributed by atoms with Crippen LogP contribution < -0.4 is 20.3 Å². The van der Waals surface area contributed by atoms with Crippen LogP contribution in [0.4, 0.5) is 5.69 Å². The Hall–Kier alpha value is -3.62.